The summed E-state index contributed by atoms with van der Waals surface area (Å²) in [6.07, 6.45) is 0. The van der Waals surface area contributed by atoms with Gasteiger partial charge in [-0.3, -0.25) is 0 Å². The maximum atomic E-state index is 13.6. The van der Waals surface area contributed by atoms with Crippen LogP contribution in [0.2, 0.25) is 0 Å². The molecule has 4 N–H and O–H groups in total. The number of anilines is 1. The Bertz CT molecular complexity index is 730. The van der Waals surface area contributed by atoms with Gasteiger partial charge in [0, 0.05) is 12.2 Å². The quantitative estimate of drug-likeness (QED) is 0.727. The van der Waals surface area contributed by atoms with Crippen LogP contribution in [0.1, 0.15) is 11.1 Å². The minimum Gasteiger partial charge on any atom is -0.399 e. The number of halogens is 1. The molecule has 0 aliphatic rings. The molecule has 2 rings (SSSR count). The molecule has 0 atom stereocenters. The van der Waals surface area contributed by atoms with Crippen molar-refractivity contribution >= 4 is 15.7 Å². The lowest BCUT2D eigenvalue weighted by atomic mass is 10.1. The minimum atomic E-state index is -3.95. The third-order valence-electron chi connectivity index (χ3n) is 2.92. The molecule has 2 aromatic rings. The molecule has 0 bridgehead atoms. The van der Waals surface area contributed by atoms with Gasteiger partial charge in [0.05, 0.1) is 6.61 Å². The summed E-state index contributed by atoms with van der Waals surface area (Å²) in [4.78, 5) is -0.441. The fraction of sp³-hybridized carbons (Fsp3) is 0.143. The highest BCUT2D eigenvalue weighted by atomic mass is 32.2. The lowest BCUT2D eigenvalue weighted by molar-refractivity contribution is 0.282. The summed E-state index contributed by atoms with van der Waals surface area (Å²) < 4.78 is 40.0. The lowest BCUT2D eigenvalue weighted by Gasteiger charge is -2.08. The van der Waals surface area contributed by atoms with Gasteiger partial charge in [0.25, 0.3) is 0 Å². The van der Waals surface area contributed by atoms with Gasteiger partial charge in [-0.2, -0.15) is 0 Å². The molecule has 0 unspecified atom stereocenters. The van der Waals surface area contributed by atoms with Crippen LogP contribution in [-0.4, -0.2) is 13.5 Å². The molecule has 7 heteroatoms. The number of nitrogens with two attached hydrogens (primary N) is 1. The average molecular weight is 310 g/mol. The highest BCUT2D eigenvalue weighted by Gasteiger charge is 2.18. The Labute approximate surface area is 122 Å². The van der Waals surface area contributed by atoms with Gasteiger partial charge in [0.2, 0.25) is 10.0 Å². The summed E-state index contributed by atoms with van der Waals surface area (Å²) in [5, 5.41) is 8.93. The van der Waals surface area contributed by atoms with Crippen LogP contribution in [0.3, 0.4) is 0 Å². The first-order valence-electron chi connectivity index (χ1n) is 6.16. The Kier molecular flexibility index (Phi) is 4.56. The number of aliphatic hydroxyl groups excluding tert-OH is 1. The first-order chi connectivity index (χ1) is 9.92. The molecule has 0 amide bonds. The van der Waals surface area contributed by atoms with E-state index >= 15 is 0 Å². The first kappa shape index (κ1) is 15.4. The number of benzene rings is 2. The summed E-state index contributed by atoms with van der Waals surface area (Å²) in [6, 6.07) is 10.2. The predicted molar refractivity (Wildman–Crippen MR) is 77.2 cm³/mol. The van der Waals surface area contributed by atoms with E-state index in [9.17, 15) is 12.8 Å². The van der Waals surface area contributed by atoms with Gasteiger partial charge in [0.15, 0.2) is 0 Å². The van der Waals surface area contributed by atoms with Crippen molar-refractivity contribution in [3.05, 3.63) is 59.4 Å². The van der Waals surface area contributed by atoms with Gasteiger partial charge in [-0.05, 0) is 29.3 Å². The number of sulfonamides is 1. The van der Waals surface area contributed by atoms with Crippen LogP contribution >= 0.6 is 0 Å². The molecule has 0 aliphatic carbocycles. The van der Waals surface area contributed by atoms with Crippen molar-refractivity contribution in [3.8, 4) is 0 Å². The molecule has 0 heterocycles. The molecular formula is C14H15FN2O3S. The Morgan fingerprint density at radius 1 is 1.10 bits per heavy atom. The zero-order valence-corrected chi connectivity index (χ0v) is 11.9. The highest BCUT2D eigenvalue weighted by Crippen LogP contribution is 2.17. The third kappa shape index (κ3) is 3.78. The van der Waals surface area contributed by atoms with E-state index in [0.717, 1.165) is 17.7 Å². The van der Waals surface area contributed by atoms with E-state index in [4.69, 9.17) is 10.8 Å². The molecule has 2 aromatic carbocycles. The second-order valence-corrected chi connectivity index (χ2v) is 6.22. The second kappa shape index (κ2) is 6.21. The number of nitrogens with one attached hydrogen (secondary N) is 1. The van der Waals surface area contributed by atoms with E-state index in [1.807, 2.05) is 0 Å². The topological polar surface area (TPSA) is 92.4 Å². The summed E-state index contributed by atoms with van der Waals surface area (Å²) in [5.41, 5.74) is 6.97. The van der Waals surface area contributed by atoms with Crippen molar-refractivity contribution in [2.75, 3.05) is 5.73 Å². The number of hydrogen-bond acceptors (Lipinski definition) is 4. The Morgan fingerprint density at radius 3 is 2.29 bits per heavy atom. The molecular weight excluding hydrogens is 295 g/mol. The van der Waals surface area contributed by atoms with Crippen molar-refractivity contribution < 1.29 is 17.9 Å². The maximum absolute atomic E-state index is 13.6. The zero-order chi connectivity index (χ0) is 15.5. The first-order valence-corrected chi connectivity index (χ1v) is 7.64. The predicted octanol–water partition coefficient (Wildman–Crippen LogP) is 1.38. The summed E-state index contributed by atoms with van der Waals surface area (Å²) >= 11 is 0. The van der Waals surface area contributed by atoms with Crippen molar-refractivity contribution in [3.63, 3.8) is 0 Å². The highest BCUT2D eigenvalue weighted by molar-refractivity contribution is 7.89. The van der Waals surface area contributed by atoms with Crippen LogP contribution in [0.15, 0.2) is 47.4 Å². The van der Waals surface area contributed by atoms with Gasteiger partial charge in [0.1, 0.15) is 10.7 Å². The van der Waals surface area contributed by atoms with E-state index < -0.39 is 20.7 Å². The number of aliphatic hydroxyl groups is 1. The van der Waals surface area contributed by atoms with E-state index in [1.54, 1.807) is 24.3 Å². The molecule has 0 aromatic heterocycles. The fourth-order valence-corrected chi connectivity index (χ4v) is 2.83. The van der Waals surface area contributed by atoms with E-state index in [1.165, 1.54) is 6.07 Å². The summed E-state index contributed by atoms with van der Waals surface area (Å²) in [5.74, 6) is -0.891. The molecule has 0 saturated heterocycles. The zero-order valence-electron chi connectivity index (χ0n) is 11.1. The summed E-state index contributed by atoms with van der Waals surface area (Å²) in [7, 11) is -3.95. The summed E-state index contributed by atoms with van der Waals surface area (Å²) in [6.45, 7) is -0.0550. The van der Waals surface area contributed by atoms with Crippen LogP contribution in [0.5, 0.6) is 0 Å². The van der Waals surface area contributed by atoms with Gasteiger partial charge >= 0.3 is 0 Å². The molecule has 0 saturated carbocycles. The van der Waals surface area contributed by atoms with Crippen molar-refractivity contribution in [2.24, 2.45) is 0 Å². The van der Waals surface area contributed by atoms with Gasteiger partial charge in [-0.15, -0.1) is 0 Å². The lowest BCUT2D eigenvalue weighted by Crippen LogP contribution is -2.24. The molecule has 0 fully saturated rings. The second-order valence-electron chi connectivity index (χ2n) is 4.49. The van der Waals surface area contributed by atoms with E-state index in [0.29, 0.717) is 5.56 Å². The molecule has 0 spiro atoms. The molecule has 0 radical (unpaired) electrons. The maximum Gasteiger partial charge on any atom is 0.243 e. The van der Waals surface area contributed by atoms with Crippen molar-refractivity contribution in [1.82, 2.24) is 4.72 Å². The van der Waals surface area contributed by atoms with Crippen LogP contribution in [0.25, 0.3) is 0 Å². The number of rotatable bonds is 5. The Morgan fingerprint density at radius 2 is 1.71 bits per heavy atom. The van der Waals surface area contributed by atoms with Crippen LogP contribution in [-0.2, 0) is 23.2 Å². The fourth-order valence-electron chi connectivity index (χ4n) is 1.75. The standard InChI is InChI=1S/C14H15FN2O3S/c15-13-7-12(16)5-6-14(13)21(19,20)17-8-10-1-3-11(9-18)4-2-10/h1-7,17-18H,8-9,16H2. The monoisotopic (exact) mass is 310 g/mol. The van der Waals surface area contributed by atoms with Crippen LogP contribution in [0.4, 0.5) is 10.1 Å². The largest absolute Gasteiger partial charge is 0.399 e. The minimum absolute atomic E-state index is 0.0257. The normalized spacial score (nSPS) is 11.5. The smallest absolute Gasteiger partial charge is 0.243 e. The molecule has 21 heavy (non-hydrogen) atoms. The van der Waals surface area contributed by atoms with Crippen LogP contribution in [0, 0.1) is 5.82 Å². The molecule has 112 valence electrons. The average Bonchev–Trinajstić information content (AvgIpc) is 2.45. The van der Waals surface area contributed by atoms with E-state index in [-0.39, 0.29) is 18.8 Å². The van der Waals surface area contributed by atoms with E-state index in [2.05, 4.69) is 4.72 Å². The molecule has 5 nitrogen and oxygen atoms in total. The third-order valence-corrected chi connectivity index (χ3v) is 4.35. The Hall–Kier alpha value is -1.96. The van der Waals surface area contributed by atoms with Gasteiger partial charge in [-0.25, -0.2) is 17.5 Å². The van der Waals surface area contributed by atoms with Gasteiger partial charge < -0.3 is 10.8 Å². The van der Waals surface area contributed by atoms with Crippen molar-refractivity contribution in [2.45, 2.75) is 18.0 Å². The van der Waals surface area contributed by atoms with Crippen molar-refractivity contribution in [1.29, 1.82) is 0 Å². The Balaban J connectivity index is 2.13. The molecule has 0 aliphatic heterocycles. The van der Waals surface area contributed by atoms with Crippen LogP contribution < -0.4 is 10.5 Å². The number of nitrogen functional groups attached to an aromatic ring is 1. The number of hydrogen-bond donors (Lipinski definition) is 3. The van der Waals surface area contributed by atoms with Gasteiger partial charge in [-0.1, -0.05) is 24.3 Å². The SMILES string of the molecule is Nc1ccc(S(=O)(=O)NCc2ccc(CO)cc2)c(F)c1.